The molecule has 4 aliphatic rings. The highest BCUT2D eigenvalue weighted by Gasteiger charge is 2.53. The number of hydrogen-bond donors (Lipinski definition) is 2. The third-order valence-corrected chi connectivity index (χ3v) is 11.8. The van der Waals surface area contributed by atoms with E-state index in [0.717, 1.165) is 21.9 Å². The molecule has 1 aromatic heterocycles. The Kier molecular flexibility index (Phi) is 13.0. The Morgan fingerprint density at radius 1 is 1.05 bits per heavy atom. The Balaban J connectivity index is 0.956. The lowest BCUT2D eigenvalue weighted by Gasteiger charge is -2.42. The summed E-state index contributed by atoms with van der Waals surface area (Å²) in [7, 11) is 0. The number of carbonyl (C=O) groups excluding carboxylic acids is 4. The Labute approximate surface area is 342 Å². The molecule has 0 radical (unpaired) electrons. The summed E-state index contributed by atoms with van der Waals surface area (Å²) in [5, 5.41) is 14.1. The number of piperazine rings is 1. The Morgan fingerprint density at radius 3 is 2.44 bits per heavy atom. The number of thiocarbonyl (C=S) groups is 1. The summed E-state index contributed by atoms with van der Waals surface area (Å²) in [6.07, 6.45) is -4.86. The number of benzene rings is 1. The summed E-state index contributed by atoms with van der Waals surface area (Å²) in [5.74, 6) is -2.54. The number of nitrogens with one attached hydrogen (secondary N) is 2. The molecule has 6 rings (SSSR count). The summed E-state index contributed by atoms with van der Waals surface area (Å²) < 4.78 is 90.0. The number of imide groups is 1. The number of alkyl halides is 6. The van der Waals surface area contributed by atoms with Gasteiger partial charge in [0, 0.05) is 51.4 Å². The minimum atomic E-state index is -4.81. The minimum Gasteiger partial charge on any atom is -0.378 e. The number of rotatable bonds is 11. The normalized spacial score (nSPS) is 24.6. The lowest BCUT2D eigenvalue weighted by atomic mass is 9.89. The molecule has 4 amide bonds. The van der Waals surface area contributed by atoms with E-state index in [4.69, 9.17) is 17.0 Å². The van der Waals surface area contributed by atoms with Crippen molar-refractivity contribution < 1.29 is 50.3 Å². The second-order valence-corrected chi connectivity index (χ2v) is 16.1. The maximum absolute atomic E-state index is 14.2. The number of pyridine rings is 1. The topological polar surface area (TPSA) is 151 Å². The molecule has 1 aromatic carbocycles. The summed E-state index contributed by atoms with van der Waals surface area (Å²) in [5.41, 5.74) is -2.41. The van der Waals surface area contributed by atoms with Gasteiger partial charge in [-0.1, -0.05) is 0 Å². The molecular formula is C39H44F6N8O5S. The SMILES string of the molecule is CC1(C)C(=O)N(c2ccc(C#N)c(C(F)(F)F)c2)C(=S)N1C1CCC(OCCCN2CCN(CC(=O)Nc3cc(C4CCC(=O)NC4=O)ccn3)[C@@H](C(F)(F)F)C2)CC1. The van der Waals surface area contributed by atoms with E-state index in [1.165, 1.54) is 24.4 Å². The standard InChI is InChI=1S/C39H44F6N8O5S/c1-37(2)35(57)52(26-5-4-24(20-46)29(19-26)38(40,41)42)36(59)53(37)25-6-8-27(9-7-25)58-17-3-14-50-15-16-51(30(21-50)39(43,44)45)22-33(55)48-31-18-23(12-13-47-31)28-10-11-32(54)49-34(28)56/h4-5,12-13,18-19,25,27-28,30H,3,6-11,14-17,21-22H2,1-2H3,(H,47,48,55)(H,49,54,56)/t25?,27?,28?,30-/m1/s1. The van der Waals surface area contributed by atoms with Gasteiger partial charge in [-0.25, -0.2) is 4.98 Å². The molecule has 2 atom stereocenters. The van der Waals surface area contributed by atoms with Crippen molar-refractivity contribution in [3.63, 3.8) is 0 Å². The second kappa shape index (κ2) is 17.5. The maximum atomic E-state index is 14.2. The van der Waals surface area contributed by atoms with E-state index < -0.39 is 65.2 Å². The third-order valence-electron chi connectivity index (χ3n) is 11.4. The molecule has 59 heavy (non-hydrogen) atoms. The molecule has 13 nitrogen and oxygen atoms in total. The first kappa shape index (κ1) is 43.9. The van der Waals surface area contributed by atoms with Gasteiger partial charge in [0.25, 0.3) is 5.91 Å². The number of anilines is 2. The highest BCUT2D eigenvalue weighted by molar-refractivity contribution is 7.80. The minimum absolute atomic E-state index is 0.00444. The number of carbonyl (C=O) groups is 4. The fraction of sp³-hybridized carbons (Fsp3) is 0.564. The van der Waals surface area contributed by atoms with Crippen LogP contribution < -0.4 is 15.5 Å². The molecule has 1 unspecified atom stereocenters. The van der Waals surface area contributed by atoms with Crippen molar-refractivity contribution in [2.24, 2.45) is 0 Å². The fourth-order valence-corrected chi connectivity index (χ4v) is 8.92. The first-order valence-corrected chi connectivity index (χ1v) is 19.7. The number of nitriles is 1. The average molecular weight is 851 g/mol. The smallest absolute Gasteiger partial charge is 0.378 e. The van der Waals surface area contributed by atoms with Crippen LogP contribution in [0, 0.1) is 11.3 Å². The van der Waals surface area contributed by atoms with Crippen molar-refractivity contribution >= 4 is 52.5 Å². The molecule has 1 aliphatic carbocycles. The first-order chi connectivity index (χ1) is 27.8. The molecule has 4 fully saturated rings. The maximum Gasteiger partial charge on any atom is 0.417 e. The van der Waals surface area contributed by atoms with Crippen LogP contribution in [0.1, 0.15) is 81.4 Å². The average Bonchev–Trinajstić information content (AvgIpc) is 3.34. The van der Waals surface area contributed by atoms with E-state index >= 15 is 0 Å². The molecule has 2 N–H and O–H groups in total. The van der Waals surface area contributed by atoms with Gasteiger partial charge in [-0.05, 0) is 100 Å². The highest BCUT2D eigenvalue weighted by Crippen LogP contribution is 2.41. The van der Waals surface area contributed by atoms with E-state index in [0.29, 0.717) is 57.4 Å². The Morgan fingerprint density at radius 2 is 1.78 bits per heavy atom. The van der Waals surface area contributed by atoms with Gasteiger partial charge in [0.05, 0.1) is 41.5 Å². The van der Waals surface area contributed by atoms with Crippen molar-refractivity contribution in [2.45, 2.75) is 101 Å². The molecule has 1 saturated carbocycles. The lowest BCUT2D eigenvalue weighted by Crippen LogP contribution is -2.60. The molecule has 3 aliphatic heterocycles. The van der Waals surface area contributed by atoms with E-state index in [-0.39, 0.29) is 60.6 Å². The van der Waals surface area contributed by atoms with Gasteiger partial charge in [-0.15, -0.1) is 0 Å². The second-order valence-electron chi connectivity index (χ2n) is 15.7. The van der Waals surface area contributed by atoms with Crippen LogP contribution in [0.25, 0.3) is 0 Å². The van der Waals surface area contributed by atoms with Crippen LogP contribution >= 0.6 is 12.2 Å². The molecule has 3 saturated heterocycles. The molecule has 318 valence electrons. The van der Waals surface area contributed by atoms with Crippen LogP contribution in [0.5, 0.6) is 0 Å². The quantitative estimate of drug-likeness (QED) is 0.134. The predicted molar refractivity (Wildman–Crippen MR) is 205 cm³/mol. The molecule has 2 aromatic rings. The van der Waals surface area contributed by atoms with Gasteiger partial charge in [0.15, 0.2) is 5.11 Å². The van der Waals surface area contributed by atoms with E-state index in [1.54, 1.807) is 29.7 Å². The fourth-order valence-electron chi connectivity index (χ4n) is 8.35. The largest absolute Gasteiger partial charge is 0.417 e. The van der Waals surface area contributed by atoms with Crippen LogP contribution in [0.15, 0.2) is 36.5 Å². The number of halogens is 6. The van der Waals surface area contributed by atoms with E-state index in [9.17, 15) is 50.8 Å². The highest BCUT2D eigenvalue weighted by atomic mass is 32.1. The van der Waals surface area contributed by atoms with Crippen LogP contribution in [0.2, 0.25) is 0 Å². The van der Waals surface area contributed by atoms with Crippen molar-refractivity contribution in [2.75, 3.05) is 49.5 Å². The summed E-state index contributed by atoms with van der Waals surface area (Å²) >= 11 is 5.68. The zero-order valence-electron chi connectivity index (χ0n) is 32.4. The van der Waals surface area contributed by atoms with Crippen molar-refractivity contribution in [3.05, 3.63) is 53.2 Å². The van der Waals surface area contributed by atoms with E-state index in [1.807, 2.05) is 0 Å². The van der Waals surface area contributed by atoms with E-state index in [2.05, 4.69) is 15.6 Å². The zero-order valence-corrected chi connectivity index (χ0v) is 33.2. The molecule has 20 heteroatoms. The summed E-state index contributed by atoms with van der Waals surface area (Å²) in [4.78, 5) is 60.0. The number of nitrogens with zero attached hydrogens (tertiary/aromatic N) is 6. The number of hydrogen-bond acceptors (Lipinski definition) is 10. The molecule has 0 spiro atoms. The van der Waals surface area contributed by atoms with Gasteiger partial charge < -0.3 is 19.9 Å². The van der Waals surface area contributed by atoms with Gasteiger partial charge in [-0.3, -0.25) is 34.3 Å². The zero-order chi connectivity index (χ0) is 42.9. The van der Waals surface area contributed by atoms with Gasteiger partial charge in [0.2, 0.25) is 17.7 Å². The number of aromatic nitrogens is 1. The van der Waals surface area contributed by atoms with Crippen molar-refractivity contribution in [3.8, 4) is 6.07 Å². The van der Waals surface area contributed by atoms with Gasteiger partial charge in [-0.2, -0.15) is 31.6 Å². The van der Waals surface area contributed by atoms with Crippen LogP contribution in [-0.4, -0.2) is 118 Å². The van der Waals surface area contributed by atoms with Gasteiger partial charge in [0.1, 0.15) is 17.4 Å². The molecule has 4 heterocycles. The summed E-state index contributed by atoms with van der Waals surface area (Å²) in [6, 6.07) is 5.59. The van der Waals surface area contributed by atoms with Crippen molar-refractivity contribution in [1.82, 2.24) is 25.0 Å². The van der Waals surface area contributed by atoms with Gasteiger partial charge >= 0.3 is 12.4 Å². The monoisotopic (exact) mass is 850 g/mol. The first-order valence-electron chi connectivity index (χ1n) is 19.3. The molecular weight excluding hydrogens is 807 g/mol. The number of ether oxygens (including phenoxy) is 1. The third kappa shape index (κ3) is 9.85. The van der Waals surface area contributed by atoms with Crippen LogP contribution in [0.4, 0.5) is 37.8 Å². The number of amides is 4. The van der Waals surface area contributed by atoms with Crippen LogP contribution in [-0.2, 0) is 30.1 Å². The Hall–Kier alpha value is -4.71. The number of piperidine rings is 1. The van der Waals surface area contributed by atoms with Crippen LogP contribution in [0.3, 0.4) is 0 Å². The molecule has 0 bridgehead atoms. The Bertz CT molecular complexity index is 2000. The predicted octanol–water partition coefficient (Wildman–Crippen LogP) is 5.11. The summed E-state index contributed by atoms with van der Waals surface area (Å²) in [6.45, 7) is 3.44. The van der Waals surface area contributed by atoms with Crippen molar-refractivity contribution in [1.29, 1.82) is 5.26 Å². The lowest BCUT2D eigenvalue weighted by molar-refractivity contribution is -0.197.